The van der Waals surface area contributed by atoms with Crippen LogP contribution in [0.4, 0.5) is 8.78 Å². The van der Waals surface area contributed by atoms with Gasteiger partial charge in [0.1, 0.15) is 0 Å². The van der Waals surface area contributed by atoms with Crippen LogP contribution in [0.1, 0.15) is 25.3 Å². The molecule has 1 heterocycles. The fraction of sp³-hybridized carbons (Fsp3) is 0.500. The van der Waals surface area contributed by atoms with Gasteiger partial charge in [-0.1, -0.05) is 6.07 Å². The van der Waals surface area contributed by atoms with Crippen molar-refractivity contribution < 1.29 is 27.8 Å². The zero-order valence-corrected chi connectivity index (χ0v) is 14.4. The highest BCUT2D eigenvalue weighted by molar-refractivity contribution is 5.91. The molecule has 1 aromatic rings. The van der Waals surface area contributed by atoms with Crippen LogP contribution in [-0.2, 0) is 9.53 Å². The zero-order chi connectivity index (χ0) is 18.2. The first-order valence-corrected chi connectivity index (χ1v) is 8.25. The molecular weight excluding hydrogens is 332 g/mol. The van der Waals surface area contributed by atoms with Crippen molar-refractivity contribution >= 4 is 12.0 Å². The summed E-state index contributed by atoms with van der Waals surface area (Å²) in [7, 11) is 1.68. The Morgan fingerprint density at radius 1 is 1.32 bits per heavy atom. The maximum Gasteiger partial charge on any atom is 0.387 e. The van der Waals surface area contributed by atoms with Crippen LogP contribution in [0.2, 0.25) is 0 Å². The second-order valence-corrected chi connectivity index (χ2v) is 5.61. The molecule has 0 saturated carbocycles. The molecule has 1 aliphatic rings. The Kier molecular flexibility index (Phi) is 7.18. The molecule has 0 aromatic heterocycles. The minimum Gasteiger partial charge on any atom is -0.490 e. The number of hydrogen-bond donors (Lipinski definition) is 0. The van der Waals surface area contributed by atoms with Crippen LogP contribution in [0.25, 0.3) is 6.08 Å². The first kappa shape index (κ1) is 19.2. The number of amides is 1. The molecule has 1 aromatic carbocycles. The van der Waals surface area contributed by atoms with Gasteiger partial charge in [0.25, 0.3) is 0 Å². The summed E-state index contributed by atoms with van der Waals surface area (Å²) in [5.74, 6) is 0.112. The predicted molar refractivity (Wildman–Crippen MR) is 89.9 cm³/mol. The largest absolute Gasteiger partial charge is 0.490 e. The third-order valence-electron chi connectivity index (χ3n) is 3.99. The van der Waals surface area contributed by atoms with Gasteiger partial charge in [0.2, 0.25) is 5.91 Å². The zero-order valence-electron chi connectivity index (χ0n) is 14.4. The number of rotatable bonds is 7. The van der Waals surface area contributed by atoms with Gasteiger partial charge in [-0.15, -0.1) is 0 Å². The highest BCUT2D eigenvalue weighted by Gasteiger charge is 2.21. The molecular formula is C18H23F2NO4. The fourth-order valence-electron chi connectivity index (χ4n) is 2.67. The van der Waals surface area contributed by atoms with Gasteiger partial charge in [0.15, 0.2) is 11.5 Å². The first-order chi connectivity index (χ1) is 12.0. The van der Waals surface area contributed by atoms with Crippen molar-refractivity contribution in [3.8, 4) is 11.5 Å². The van der Waals surface area contributed by atoms with Gasteiger partial charge in [0.05, 0.1) is 12.7 Å². The van der Waals surface area contributed by atoms with E-state index in [9.17, 15) is 13.6 Å². The fourth-order valence-corrected chi connectivity index (χ4v) is 2.67. The highest BCUT2D eigenvalue weighted by atomic mass is 19.3. The Hall–Kier alpha value is -2.15. The minimum atomic E-state index is -2.92. The van der Waals surface area contributed by atoms with E-state index in [-0.39, 0.29) is 23.5 Å². The van der Waals surface area contributed by atoms with Crippen molar-refractivity contribution in [3.05, 3.63) is 29.8 Å². The Morgan fingerprint density at radius 3 is 2.64 bits per heavy atom. The maximum atomic E-state index is 12.4. The van der Waals surface area contributed by atoms with Crippen molar-refractivity contribution in [2.24, 2.45) is 0 Å². The molecule has 1 aliphatic heterocycles. The Morgan fingerprint density at radius 2 is 2.04 bits per heavy atom. The lowest BCUT2D eigenvalue weighted by atomic mass is 10.1. The standard InChI is InChI=1S/C18H23F2NO4/c1-3-24-16-12-13(4-6-15(16)25-18(19)20)5-7-17(22)21-10-8-14(23-2)9-11-21/h4-7,12,14,18H,3,8-11H2,1-2H3/b7-5+. The number of methoxy groups -OCH3 is 1. The predicted octanol–water partition coefficient (Wildman–Crippen LogP) is 3.34. The summed E-state index contributed by atoms with van der Waals surface area (Å²) >= 11 is 0. The van der Waals surface area contributed by atoms with E-state index < -0.39 is 6.61 Å². The van der Waals surface area contributed by atoms with Crippen LogP contribution in [0.3, 0.4) is 0 Å². The summed E-state index contributed by atoms with van der Waals surface area (Å²) in [6.45, 7) is 0.472. The number of ether oxygens (including phenoxy) is 3. The molecule has 1 amide bonds. The smallest absolute Gasteiger partial charge is 0.387 e. The molecule has 0 bridgehead atoms. The van der Waals surface area contributed by atoms with Crippen LogP contribution in [0, 0.1) is 0 Å². The quantitative estimate of drug-likeness (QED) is 0.704. The summed E-state index contributed by atoms with van der Waals surface area (Å²) < 4.78 is 39.8. The van der Waals surface area contributed by atoms with Crippen LogP contribution in [-0.4, -0.2) is 50.3 Å². The number of carbonyl (C=O) groups is 1. The Labute approximate surface area is 146 Å². The van der Waals surface area contributed by atoms with E-state index in [1.54, 1.807) is 37.1 Å². The van der Waals surface area contributed by atoms with Gasteiger partial charge in [-0.3, -0.25) is 4.79 Å². The SMILES string of the molecule is CCOc1cc(/C=C/C(=O)N2CCC(OC)CC2)ccc1OC(F)F. The summed E-state index contributed by atoms with van der Waals surface area (Å²) in [6, 6.07) is 4.58. The van der Waals surface area contributed by atoms with Gasteiger partial charge in [-0.2, -0.15) is 8.78 Å². The van der Waals surface area contributed by atoms with Crippen molar-refractivity contribution in [3.63, 3.8) is 0 Å². The second-order valence-electron chi connectivity index (χ2n) is 5.61. The lowest BCUT2D eigenvalue weighted by molar-refractivity contribution is -0.128. The van der Waals surface area contributed by atoms with E-state index in [1.807, 2.05) is 0 Å². The number of halogens is 2. The molecule has 0 aliphatic carbocycles. The van der Waals surface area contributed by atoms with Crippen LogP contribution in [0.5, 0.6) is 11.5 Å². The van der Waals surface area contributed by atoms with E-state index in [0.29, 0.717) is 25.3 Å². The summed E-state index contributed by atoms with van der Waals surface area (Å²) in [5, 5.41) is 0. The normalized spacial score (nSPS) is 15.8. The van der Waals surface area contributed by atoms with Gasteiger partial charge in [0, 0.05) is 26.3 Å². The number of benzene rings is 1. The van der Waals surface area contributed by atoms with Crippen LogP contribution in [0.15, 0.2) is 24.3 Å². The summed E-state index contributed by atoms with van der Waals surface area (Å²) in [6.07, 6.45) is 4.98. The van der Waals surface area contributed by atoms with Crippen LogP contribution >= 0.6 is 0 Å². The van der Waals surface area contributed by atoms with Gasteiger partial charge in [-0.25, -0.2) is 0 Å². The molecule has 138 valence electrons. The number of hydrogen-bond acceptors (Lipinski definition) is 4. The van der Waals surface area contributed by atoms with E-state index in [0.717, 1.165) is 12.8 Å². The molecule has 7 heteroatoms. The average Bonchev–Trinajstić information content (AvgIpc) is 2.61. The topological polar surface area (TPSA) is 48.0 Å². The maximum absolute atomic E-state index is 12.4. The lowest BCUT2D eigenvalue weighted by Gasteiger charge is -2.30. The molecule has 0 atom stereocenters. The molecule has 1 fully saturated rings. The molecule has 0 N–H and O–H groups in total. The Balaban J connectivity index is 2.02. The van der Waals surface area contributed by atoms with Crippen molar-refractivity contribution in [2.75, 3.05) is 26.8 Å². The van der Waals surface area contributed by atoms with E-state index >= 15 is 0 Å². The van der Waals surface area contributed by atoms with Crippen molar-refractivity contribution in [1.82, 2.24) is 4.90 Å². The molecule has 0 spiro atoms. The lowest BCUT2D eigenvalue weighted by Crippen LogP contribution is -2.39. The van der Waals surface area contributed by atoms with E-state index in [1.165, 1.54) is 12.1 Å². The number of alkyl halides is 2. The third kappa shape index (κ3) is 5.70. The summed E-state index contributed by atoms with van der Waals surface area (Å²) in [5.41, 5.74) is 0.671. The van der Waals surface area contributed by atoms with Gasteiger partial charge in [-0.05, 0) is 43.5 Å². The number of nitrogens with zero attached hydrogens (tertiary/aromatic N) is 1. The third-order valence-corrected chi connectivity index (χ3v) is 3.99. The van der Waals surface area contributed by atoms with Crippen LogP contribution < -0.4 is 9.47 Å². The average molecular weight is 355 g/mol. The minimum absolute atomic E-state index is 0.0260. The van der Waals surface area contributed by atoms with Gasteiger partial charge < -0.3 is 19.1 Å². The molecule has 5 nitrogen and oxygen atoms in total. The van der Waals surface area contributed by atoms with Gasteiger partial charge >= 0.3 is 6.61 Å². The van der Waals surface area contributed by atoms with Crippen molar-refractivity contribution in [2.45, 2.75) is 32.5 Å². The highest BCUT2D eigenvalue weighted by Crippen LogP contribution is 2.30. The number of piperidine rings is 1. The second kappa shape index (κ2) is 9.36. The van der Waals surface area contributed by atoms with Crippen molar-refractivity contribution in [1.29, 1.82) is 0 Å². The number of likely N-dealkylation sites (tertiary alicyclic amines) is 1. The van der Waals surface area contributed by atoms with E-state index in [2.05, 4.69) is 4.74 Å². The first-order valence-electron chi connectivity index (χ1n) is 8.25. The molecule has 0 radical (unpaired) electrons. The number of carbonyl (C=O) groups excluding carboxylic acids is 1. The summed E-state index contributed by atoms with van der Waals surface area (Å²) in [4.78, 5) is 14.0. The molecule has 0 unspecified atom stereocenters. The molecule has 1 saturated heterocycles. The van der Waals surface area contributed by atoms with E-state index in [4.69, 9.17) is 9.47 Å². The molecule has 25 heavy (non-hydrogen) atoms. The monoisotopic (exact) mass is 355 g/mol. The Bertz CT molecular complexity index is 599. The molecule has 2 rings (SSSR count).